The van der Waals surface area contributed by atoms with Gasteiger partial charge in [-0.2, -0.15) is 4.31 Å². The Morgan fingerprint density at radius 2 is 1.83 bits per heavy atom. The molecule has 1 heterocycles. The Bertz CT molecular complexity index is 975. The molecule has 160 valence electrons. The van der Waals surface area contributed by atoms with E-state index in [1.54, 1.807) is 18.2 Å². The first-order chi connectivity index (χ1) is 14.4. The van der Waals surface area contributed by atoms with E-state index in [0.717, 1.165) is 23.6 Å². The molecule has 0 bridgehead atoms. The highest BCUT2D eigenvalue weighted by atomic mass is 32.2. The van der Waals surface area contributed by atoms with E-state index >= 15 is 0 Å². The quantitative estimate of drug-likeness (QED) is 0.674. The van der Waals surface area contributed by atoms with Gasteiger partial charge in [0.2, 0.25) is 21.8 Å². The second kappa shape index (κ2) is 9.86. The van der Waals surface area contributed by atoms with Gasteiger partial charge in [0.1, 0.15) is 6.04 Å². The number of unbranched alkanes of at least 4 members (excludes halogenated alkanes) is 1. The maximum atomic E-state index is 13.0. The highest BCUT2D eigenvalue weighted by Crippen LogP contribution is 2.22. The van der Waals surface area contributed by atoms with Crippen molar-refractivity contribution in [2.45, 2.75) is 43.5 Å². The van der Waals surface area contributed by atoms with Crippen molar-refractivity contribution in [1.82, 2.24) is 9.62 Å². The Morgan fingerprint density at radius 3 is 2.50 bits per heavy atom. The zero-order chi connectivity index (χ0) is 21.6. The number of anilines is 1. The smallest absolute Gasteiger partial charge is 0.243 e. The fraction of sp³-hybridized carbons (Fsp3) is 0.364. The Morgan fingerprint density at radius 1 is 1.13 bits per heavy atom. The lowest BCUT2D eigenvalue weighted by molar-refractivity contribution is -0.130. The van der Waals surface area contributed by atoms with Gasteiger partial charge in [-0.3, -0.25) is 9.59 Å². The molecular weight excluding hydrogens is 402 g/mol. The number of nitrogens with zero attached hydrogens (tertiary/aromatic N) is 1. The average Bonchev–Trinajstić information content (AvgIpc) is 2.75. The lowest BCUT2D eigenvalue weighted by Crippen LogP contribution is -2.57. The molecule has 7 nitrogen and oxygen atoms in total. The summed E-state index contributed by atoms with van der Waals surface area (Å²) in [5.41, 5.74) is 1.82. The number of carbonyl (C=O) groups is 2. The summed E-state index contributed by atoms with van der Waals surface area (Å²) < 4.78 is 27.2. The molecule has 1 atom stereocenters. The normalized spacial score (nSPS) is 17.4. The van der Waals surface area contributed by atoms with Crippen molar-refractivity contribution < 1.29 is 18.0 Å². The number of piperazine rings is 1. The summed E-state index contributed by atoms with van der Waals surface area (Å²) >= 11 is 0. The molecule has 0 saturated carbocycles. The van der Waals surface area contributed by atoms with Gasteiger partial charge in [-0.25, -0.2) is 8.42 Å². The second-order valence-corrected chi connectivity index (χ2v) is 9.18. The molecule has 8 heteroatoms. The predicted molar refractivity (Wildman–Crippen MR) is 115 cm³/mol. The standard InChI is InChI=1S/C22H27N3O4S/c1-2-3-7-17-10-12-18(13-11-17)24-21(26)16-20-22(27)23-14-15-25(20)30(28,29)19-8-5-4-6-9-19/h4-6,8-13,20H,2-3,7,14-16H2,1H3,(H,23,27)(H,24,26). The van der Waals surface area contributed by atoms with E-state index in [-0.39, 0.29) is 24.4 Å². The fourth-order valence-electron chi connectivity index (χ4n) is 3.43. The van der Waals surface area contributed by atoms with Crippen molar-refractivity contribution >= 4 is 27.5 Å². The average molecular weight is 430 g/mol. The molecule has 1 unspecified atom stereocenters. The highest BCUT2D eigenvalue weighted by Gasteiger charge is 2.39. The molecule has 0 aliphatic carbocycles. The summed E-state index contributed by atoms with van der Waals surface area (Å²) in [6.45, 7) is 2.46. The predicted octanol–water partition coefficient (Wildman–Crippen LogP) is 2.55. The molecule has 2 N–H and O–H groups in total. The van der Waals surface area contributed by atoms with E-state index in [9.17, 15) is 18.0 Å². The summed E-state index contributed by atoms with van der Waals surface area (Å²) in [4.78, 5) is 25.1. The summed E-state index contributed by atoms with van der Waals surface area (Å²) in [5.74, 6) is -0.877. The van der Waals surface area contributed by atoms with Crippen LogP contribution in [0.5, 0.6) is 0 Å². The first-order valence-corrected chi connectivity index (χ1v) is 11.6. The Labute approximate surface area is 177 Å². The summed E-state index contributed by atoms with van der Waals surface area (Å²) in [5, 5.41) is 5.42. The van der Waals surface area contributed by atoms with Gasteiger partial charge in [0.15, 0.2) is 0 Å². The number of sulfonamides is 1. The van der Waals surface area contributed by atoms with Gasteiger partial charge in [-0.15, -0.1) is 0 Å². The van der Waals surface area contributed by atoms with Gasteiger partial charge in [-0.05, 0) is 42.7 Å². The van der Waals surface area contributed by atoms with Crippen molar-refractivity contribution in [3.8, 4) is 0 Å². The van der Waals surface area contributed by atoms with E-state index in [1.807, 2.05) is 24.3 Å². The van der Waals surface area contributed by atoms with Gasteiger partial charge in [0.05, 0.1) is 11.3 Å². The molecule has 0 aromatic heterocycles. The highest BCUT2D eigenvalue weighted by molar-refractivity contribution is 7.89. The third-order valence-corrected chi connectivity index (χ3v) is 6.99. The van der Waals surface area contributed by atoms with Crippen molar-refractivity contribution in [2.75, 3.05) is 18.4 Å². The van der Waals surface area contributed by atoms with Gasteiger partial charge >= 0.3 is 0 Å². The van der Waals surface area contributed by atoms with Crippen LogP contribution in [0.2, 0.25) is 0 Å². The minimum Gasteiger partial charge on any atom is -0.353 e. The van der Waals surface area contributed by atoms with Gasteiger partial charge in [-0.1, -0.05) is 43.7 Å². The molecule has 30 heavy (non-hydrogen) atoms. The number of hydrogen-bond acceptors (Lipinski definition) is 4. The molecule has 1 saturated heterocycles. The number of hydrogen-bond donors (Lipinski definition) is 2. The maximum absolute atomic E-state index is 13.0. The molecule has 2 aromatic carbocycles. The molecule has 0 spiro atoms. The van der Waals surface area contributed by atoms with Crippen LogP contribution >= 0.6 is 0 Å². The molecule has 2 amide bonds. The Balaban J connectivity index is 1.71. The van der Waals surface area contributed by atoms with Crippen LogP contribution in [0.15, 0.2) is 59.5 Å². The molecule has 3 rings (SSSR count). The van der Waals surface area contributed by atoms with E-state index in [1.165, 1.54) is 17.7 Å². The van der Waals surface area contributed by atoms with Crippen LogP contribution in [-0.4, -0.2) is 43.7 Å². The van der Waals surface area contributed by atoms with Gasteiger partial charge in [0.25, 0.3) is 0 Å². The number of rotatable bonds is 8. The number of nitrogens with one attached hydrogen (secondary N) is 2. The number of carbonyl (C=O) groups excluding carboxylic acids is 2. The van der Waals surface area contributed by atoms with Crippen LogP contribution in [0.3, 0.4) is 0 Å². The second-order valence-electron chi connectivity index (χ2n) is 7.29. The fourth-order valence-corrected chi connectivity index (χ4v) is 5.04. The Kier molecular flexibility index (Phi) is 7.23. The Hall–Kier alpha value is -2.71. The zero-order valence-electron chi connectivity index (χ0n) is 17.0. The first kappa shape index (κ1) is 22.0. The van der Waals surface area contributed by atoms with Crippen molar-refractivity contribution in [3.63, 3.8) is 0 Å². The van der Waals surface area contributed by atoms with Crippen LogP contribution in [0.25, 0.3) is 0 Å². The lowest BCUT2D eigenvalue weighted by Gasteiger charge is -2.33. The zero-order valence-corrected chi connectivity index (χ0v) is 17.8. The van der Waals surface area contributed by atoms with Crippen molar-refractivity contribution in [3.05, 3.63) is 60.2 Å². The van der Waals surface area contributed by atoms with Crippen molar-refractivity contribution in [2.24, 2.45) is 0 Å². The number of aryl methyl sites for hydroxylation is 1. The van der Waals surface area contributed by atoms with Gasteiger partial charge in [0, 0.05) is 18.8 Å². The maximum Gasteiger partial charge on any atom is 0.243 e. The van der Waals surface area contributed by atoms with E-state index < -0.39 is 27.9 Å². The molecule has 1 aliphatic heterocycles. The van der Waals surface area contributed by atoms with Crippen LogP contribution in [0.1, 0.15) is 31.7 Å². The number of benzene rings is 2. The summed E-state index contributed by atoms with van der Waals surface area (Å²) in [7, 11) is -3.88. The number of amides is 2. The summed E-state index contributed by atoms with van der Waals surface area (Å²) in [6, 6.07) is 14.4. The minimum atomic E-state index is -3.88. The third kappa shape index (κ3) is 5.25. The topological polar surface area (TPSA) is 95.6 Å². The van der Waals surface area contributed by atoms with Crippen LogP contribution in [0, 0.1) is 0 Å². The van der Waals surface area contributed by atoms with E-state index in [2.05, 4.69) is 17.6 Å². The molecule has 1 aliphatic rings. The van der Waals surface area contributed by atoms with Crippen LogP contribution in [0.4, 0.5) is 5.69 Å². The monoisotopic (exact) mass is 429 g/mol. The molecule has 2 aromatic rings. The SMILES string of the molecule is CCCCc1ccc(NC(=O)CC2C(=O)NCCN2S(=O)(=O)c2ccccc2)cc1. The largest absolute Gasteiger partial charge is 0.353 e. The van der Waals surface area contributed by atoms with Gasteiger partial charge < -0.3 is 10.6 Å². The van der Waals surface area contributed by atoms with E-state index in [0.29, 0.717) is 5.69 Å². The third-order valence-electron chi connectivity index (χ3n) is 5.07. The van der Waals surface area contributed by atoms with Crippen molar-refractivity contribution in [1.29, 1.82) is 0 Å². The van der Waals surface area contributed by atoms with Crippen LogP contribution < -0.4 is 10.6 Å². The lowest BCUT2D eigenvalue weighted by atomic mass is 10.1. The molecular formula is C22H27N3O4S. The minimum absolute atomic E-state index is 0.104. The molecule has 0 radical (unpaired) electrons. The first-order valence-electron chi connectivity index (χ1n) is 10.1. The molecule has 1 fully saturated rings. The summed E-state index contributed by atoms with van der Waals surface area (Å²) in [6.07, 6.45) is 2.95. The van der Waals surface area contributed by atoms with Crippen LogP contribution in [-0.2, 0) is 26.0 Å². The van der Waals surface area contributed by atoms with E-state index in [4.69, 9.17) is 0 Å².